The number of hydrogen-bond acceptors (Lipinski definition) is 10. The van der Waals surface area contributed by atoms with Gasteiger partial charge in [0.15, 0.2) is 0 Å². The van der Waals surface area contributed by atoms with Crippen LogP contribution in [0.3, 0.4) is 0 Å². The summed E-state index contributed by atoms with van der Waals surface area (Å²) in [7, 11) is 0. The van der Waals surface area contributed by atoms with E-state index >= 15 is 0 Å². The SMILES string of the molecule is O=C(Cc1ccccc1)OC1CCC(OC(=O)Cc2ccccc2)c2cc(-c3cc4cc5sc(-c6ccc7c(c6)C(OC(=O)Cc6ccccc6)CCC7OC(=O)Cc6ccccc6)cc5cc4s3)ccc21. The smallest absolute Gasteiger partial charge is 0.310 e. The van der Waals surface area contributed by atoms with Crippen LogP contribution in [-0.2, 0) is 63.8 Å². The van der Waals surface area contributed by atoms with E-state index in [0.29, 0.717) is 25.7 Å². The molecule has 4 unspecified atom stereocenters. The maximum atomic E-state index is 13.4. The van der Waals surface area contributed by atoms with Gasteiger partial charge in [-0.3, -0.25) is 19.2 Å². The van der Waals surface area contributed by atoms with Crippen LogP contribution >= 0.6 is 22.7 Å². The van der Waals surface area contributed by atoms with Crippen molar-refractivity contribution in [1.82, 2.24) is 0 Å². The van der Waals surface area contributed by atoms with Gasteiger partial charge in [0.2, 0.25) is 0 Å². The number of hydrogen-bond donors (Lipinski definition) is 0. The van der Waals surface area contributed by atoms with E-state index < -0.39 is 24.4 Å². The number of fused-ring (bicyclic) bond motifs is 4. The summed E-state index contributed by atoms with van der Waals surface area (Å²) in [6.07, 6.45) is 0.925. The second-order valence-corrected chi connectivity index (χ2v) is 20.7. The normalized spacial score (nSPS) is 17.1. The van der Waals surface area contributed by atoms with Gasteiger partial charge in [-0.05, 0) is 128 Å². The van der Waals surface area contributed by atoms with Gasteiger partial charge in [0.1, 0.15) is 24.4 Å². The zero-order chi connectivity index (χ0) is 49.0. The van der Waals surface area contributed by atoms with Crippen LogP contribution in [0.25, 0.3) is 41.1 Å². The van der Waals surface area contributed by atoms with Crippen molar-refractivity contribution in [3.8, 4) is 20.9 Å². The molecule has 11 rings (SSSR count). The molecule has 8 nitrogen and oxygen atoms in total. The first-order chi connectivity index (χ1) is 35.2. The summed E-state index contributed by atoms with van der Waals surface area (Å²) < 4.78 is 26.9. The van der Waals surface area contributed by atoms with Gasteiger partial charge in [0.25, 0.3) is 0 Å². The van der Waals surface area contributed by atoms with Gasteiger partial charge in [-0.1, -0.05) is 146 Å². The van der Waals surface area contributed by atoms with E-state index in [4.69, 9.17) is 18.9 Å². The number of esters is 4. The Morgan fingerprint density at radius 3 is 0.944 bits per heavy atom. The van der Waals surface area contributed by atoms with Crippen molar-refractivity contribution in [3.05, 3.63) is 226 Å². The molecular weight excluding hydrogens is 937 g/mol. The summed E-state index contributed by atoms with van der Waals surface area (Å²) in [5.74, 6) is -1.19. The predicted molar refractivity (Wildman–Crippen MR) is 282 cm³/mol. The second-order valence-electron chi connectivity index (χ2n) is 18.6. The molecule has 2 heterocycles. The van der Waals surface area contributed by atoms with Gasteiger partial charge in [-0.15, -0.1) is 22.7 Å². The van der Waals surface area contributed by atoms with Crippen LogP contribution in [0.2, 0.25) is 0 Å². The fraction of sp³-hybridized carbons (Fsp3) is 0.194. The molecule has 0 aliphatic heterocycles. The van der Waals surface area contributed by atoms with Crippen molar-refractivity contribution in [2.75, 3.05) is 0 Å². The minimum atomic E-state index is -0.487. The molecule has 4 atom stereocenters. The molecule has 358 valence electrons. The maximum Gasteiger partial charge on any atom is 0.310 e. The Kier molecular flexibility index (Phi) is 13.6. The first kappa shape index (κ1) is 46.7. The number of carbonyl (C=O) groups excluding carboxylic acids is 4. The van der Waals surface area contributed by atoms with Crippen molar-refractivity contribution in [2.45, 2.75) is 75.8 Å². The fourth-order valence-corrected chi connectivity index (χ4v) is 12.2. The molecule has 0 spiro atoms. The van der Waals surface area contributed by atoms with E-state index in [1.165, 1.54) is 0 Å². The highest BCUT2D eigenvalue weighted by Crippen LogP contribution is 2.47. The van der Waals surface area contributed by atoms with Crippen molar-refractivity contribution in [1.29, 1.82) is 0 Å². The van der Waals surface area contributed by atoms with E-state index in [0.717, 1.165) is 85.6 Å². The highest BCUT2D eigenvalue weighted by molar-refractivity contribution is 7.23. The summed E-state index contributed by atoms with van der Waals surface area (Å²) >= 11 is 3.41. The second kappa shape index (κ2) is 21.0. The molecule has 2 aliphatic rings. The summed E-state index contributed by atoms with van der Waals surface area (Å²) in [5.41, 5.74) is 8.98. The number of ether oxygens (including phenoxy) is 4. The zero-order valence-corrected chi connectivity index (χ0v) is 41.0. The molecule has 7 aromatic carbocycles. The molecule has 72 heavy (non-hydrogen) atoms. The molecule has 2 aromatic heterocycles. The van der Waals surface area contributed by atoms with Gasteiger partial charge in [-0.25, -0.2) is 0 Å². The fourth-order valence-electron chi connectivity index (χ4n) is 10.0. The Morgan fingerprint density at radius 1 is 0.347 bits per heavy atom. The van der Waals surface area contributed by atoms with Crippen molar-refractivity contribution < 1.29 is 38.1 Å². The largest absolute Gasteiger partial charge is 0.457 e. The summed E-state index contributed by atoms with van der Waals surface area (Å²) in [4.78, 5) is 55.3. The number of benzene rings is 7. The lowest BCUT2D eigenvalue weighted by Gasteiger charge is -2.31. The summed E-state index contributed by atoms with van der Waals surface area (Å²) in [6.45, 7) is 0. The van der Waals surface area contributed by atoms with Crippen molar-refractivity contribution in [2.24, 2.45) is 0 Å². The van der Waals surface area contributed by atoms with Gasteiger partial charge < -0.3 is 18.9 Å². The van der Waals surface area contributed by atoms with Gasteiger partial charge >= 0.3 is 23.9 Å². The van der Waals surface area contributed by atoms with Crippen LogP contribution in [0.5, 0.6) is 0 Å². The highest BCUT2D eigenvalue weighted by atomic mass is 32.1. The first-order valence-corrected chi connectivity index (χ1v) is 26.1. The monoisotopic (exact) mass is 986 g/mol. The molecule has 0 saturated carbocycles. The summed E-state index contributed by atoms with van der Waals surface area (Å²) in [6, 6.07) is 59.7. The summed E-state index contributed by atoms with van der Waals surface area (Å²) in [5, 5.41) is 2.23. The van der Waals surface area contributed by atoms with E-state index in [-0.39, 0.29) is 49.6 Å². The molecule has 0 saturated heterocycles. The lowest BCUT2D eigenvalue weighted by Crippen LogP contribution is -2.23. The highest BCUT2D eigenvalue weighted by Gasteiger charge is 2.34. The molecule has 0 fully saturated rings. The molecule has 10 heteroatoms. The van der Waals surface area contributed by atoms with Gasteiger partial charge in [0.05, 0.1) is 25.7 Å². The van der Waals surface area contributed by atoms with Gasteiger partial charge in [-0.2, -0.15) is 0 Å². The average Bonchev–Trinajstić information content (AvgIpc) is 4.01. The van der Waals surface area contributed by atoms with Crippen LogP contribution in [0.4, 0.5) is 0 Å². The number of carbonyl (C=O) groups is 4. The van der Waals surface area contributed by atoms with Crippen molar-refractivity contribution >= 4 is 66.7 Å². The minimum absolute atomic E-state index is 0.168. The van der Waals surface area contributed by atoms with E-state index in [1.54, 1.807) is 22.7 Å². The minimum Gasteiger partial charge on any atom is -0.457 e. The Morgan fingerprint density at radius 2 is 0.639 bits per heavy atom. The molecule has 0 radical (unpaired) electrons. The van der Waals surface area contributed by atoms with Crippen LogP contribution in [0.1, 0.15) is 94.6 Å². The molecular formula is C62H50O8S2. The quantitative estimate of drug-likeness (QED) is 0.0784. The topological polar surface area (TPSA) is 105 Å². The third-order valence-electron chi connectivity index (χ3n) is 13.5. The Hall–Kier alpha value is -7.66. The zero-order valence-electron chi connectivity index (χ0n) is 39.4. The molecule has 2 aliphatic carbocycles. The molecule has 0 bridgehead atoms. The van der Waals surface area contributed by atoms with Crippen LogP contribution in [0.15, 0.2) is 182 Å². The van der Waals surface area contributed by atoms with E-state index in [2.05, 4.69) is 48.5 Å². The van der Waals surface area contributed by atoms with Crippen LogP contribution in [-0.4, -0.2) is 23.9 Å². The average molecular weight is 987 g/mol. The lowest BCUT2D eigenvalue weighted by atomic mass is 9.85. The van der Waals surface area contributed by atoms with Gasteiger partial charge in [0, 0.05) is 19.2 Å². The molecule has 9 aromatic rings. The van der Waals surface area contributed by atoms with Crippen molar-refractivity contribution in [3.63, 3.8) is 0 Å². The molecule has 0 N–H and O–H groups in total. The lowest BCUT2D eigenvalue weighted by molar-refractivity contribution is -0.155. The predicted octanol–water partition coefficient (Wildman–Crippen LogP) is 14.3. The third-order valence-corrected chi connectivity index (χ3v) is 15.8. The Balaban J connectivity index is 0.863. The van der Waals surface area contributed by atoms with E-state index in [9.17, 15) is 19.2 Å². The molecule has 0 amide bonds. The number of thiophene rings is 2. The van der Waals surface area contributed by atoms with Crippen LogP contribution < -0.4 is 0 Å². The van der Waals surface area contributed by atoms with E-state index in [1.807, 2.05) is 133 Å². The van der Waals surface area contributed by atoms with Crippen LogP contribution in [0, 0.1) is 0 Å². The first-order valence-electron chi connectivity index (χ1n) is 24.4. The maximum absolute atomic E-state index is 13.4. The number of rotatable bonds is 14. The third kappa shape index (κ3) is 10.7. The Labute approximate surface area is 425 Å². The Bertz CT molecular complexity index is 3140. The standard InChI is InChI=1S/C62H50O8S2/c63-59(29-39-13-5-1-6-14-39)67-51-25-27-53(69-61(65)31-41-17-9-3-10-18-41)49-33-43(21-23-47(49)51)55-35-45-37-58-46(38-57(45)71-55)36-56(72-58)44-22-24-48-50(34-44)54(70-62(66)32-42-19-11-4-12-20-42)28-26-52(48)68-60(64)30-40-15-7-2-8-16-40/h1-24,33-38,51-54H,25-32H2.